The summed E-state index contributed by atoms with van der Waals surface area (Å²) in [4.78, 5) is 32.7. The van der Waals surface area contributed by atoms with Crippen LogP contribution in [0.1, 0.15) is 36.6 Å². The summed E-state index contributed by atoms with van der Waals surface area (Å²) in [5.74, 6) is 1.37. The normalized spacial score (nSPS) is 16.3. The van der Waals surface area contributed by atoms with Crippen molar-refractivity contribution in [1.82, 2.24) is 4.57 Å². The first-order valence-corrected chi connectivity index (χ1v) is 13.4. The minimum atomic E-state index is -0.790. The summed E-state index contributed by atoms with van der Waals surface area (Å²) < 4.78 is 24.4. The number of benzene rings is 3. The van der Waals surface area contributed by atoms with Gasteiger partial charge in [0.2, 0.25) is 6.79 Å². The number of aromatic nitrogens is 1. The third-order valence-corrected chi connectivity index (χ3v) is 7.97. The minimum absolute atomic E-state index is 0.170. The van der Waals surface area contributed by atoms with Crippen molar-refractivity contribution in [1.29, 1.82) is 0 Å². The molecule has 0 bridgehead atoms. The van der Waals surface area contributed by atoms with E-state index in [1.165, 1.54) is 11.3 Å². The van der Waals surface area contributed by atoms with Crippen molar-refractivity contribution in [2.75, 3.05) is 20.5 Å². The van der Waals surface area contributed by atoms with Gasteiger partial charge in [0.15, 0.2) is 16.3 Å². The Morgan fingerprint density at radius 2 is 1.92 bits per heavy atom. The maximum absolute atomic E-state index is 14.1. The van der Waals surface area contributed by atoms with Gasteiger partial charge in [-0.25, -0.2) is 9.79 Å². The maximum atomic E-state index is 14.1. The predicted molar refractivity (Wildman–Crippen MR) is 148 cm³/mol. The van der Waals surface area contributed by atoms with E-state index in [0.29, 0.717) is 43.4 Å². The molecule has 0 saturated heterocycles. The number of rotatable bonds is 5. The van der Waals surface area contributed by atoms with Gasteiger partial charge in [-0.1, -0.05) is 41.7 Å². The summed E-state index contributed by atoms with van der Waals surface area (Å²) in [7, 11) is 1.58. The second-order valence-electron chi connectivity index (χ2n) is 9.27. The second-order valence-corrected chi connectivity index (χ2v) is 10.3. The van der Waals surface area contributed by atoms with Crippen molar-refractivity contribution in [3.63, 3.8) is 0 Å². The maximum Gasteiger partial charge on any atom is 0.338 e. The average Bonchev–Trinajstić information content (AvgIpc) is 3.50. The number of esters is 1. The highest BCUT2D eigenvalue weighted by Crippen LogP contribution is 2.40. The molecule has 0 unspecified atom stereocenters. The standard InChI is InChI=1S/C30H26N2O6S/c1-5-36-29(34)25-17(3)31-30-32(27(25)26-20-9-7-6-8-18(20)10-11-21(26)35-4)28(33)24(39-30)14-19-13-23-22(12-16(19)2)37-15-38-23/h6-14,27H,5,15H2,1-4H3/b24-14-/t27-/m1/s1. The van der Waals surface area contributed by atoms with Gasteiger partial charge in [0, 0.05) is 5.56 Å². The number of carbonyl (C=O) groups excluding carboxylic acids is 1. The van der Waals surface area contributed by atoms with E-state index in [9.17, 15) is 9.59 Å². The fraction of sp³-hybridized carbons (Fsp3) is 0.233. The predicted octanol–water partition coefficient (Wildman–Crippen LogP) is 4.00. The molecule has 4 aromatic rings. The topological polar surface area (TPSA) is 88.4 Å². The van der Waals surface area contributed by atoms with E-state index in [1.54, 1.807) is 25.5 Å². The SMILES string of the molecule is CCOC(=O)C1=C(C)N=c2s/c(=C\c3cc4c(cc3C)OCO4)c(=O)n2[C@H]1c1c(OC)ccc2ccccc12. The van der Waals surface area contributed by atoms with Crippen LogP contribution in [0.4, 0.5) is 0 Å². The molecular formula is C30H26N2O6S. The molecule has 8 nitrogen and oxygen atoms in total. The lowest BCUT2D eigenvalue weighted by molar-refractivity contribution is -0.139. The van der Waals surface area contributed by atoms with E-state index in [1.807, 2.05) is 61.5 Å². The van der Waals surface area contributed by atoms with E-state index >= 15 is 0 Å². The van der Waals surface area contributed by atoms with E-state index in [0.717, 1.165) is 21.9 Å². The highest BCUT2D eigenvalue weighted by molar-refractivity contribution is 7.07. The summed E-state index contributed by atoms with van der Waals surface area (Å²) >= 11 is 1.28. The minimum Gasteiger partial charge on any atom is -0.496 e. The first-order chi connectivity index (χ1) is 18.9. The van der Waals surface area contributed by atoms with E-state index in [-0.39, 0.29) is 19.0 Å². The Morgan fingerprint density at radius 1 is 1.15 bits per heavy atom. The van der Waals surface area contributed by atoms with Gasteiger partial charge in [-0.3, -0.25) is 9.36 Å². The van der Waals surface area contributed by atoms with Gasteiger partial charge in [0.05, 0.1) is 29.5 Å². The Hall–Kier alpha value is -4.37. The van der Waals surface area contributed by atoms with Crippen molar-refractivity contribution in [2.24, 2.45) is 4.99 Å². The molecule has 198 valence electrons. The van der Waals surface area contributed by atoms with Crippen LogP contribution in [0.3, 0.4) is 0 Å². The largest absolute Gasteiger partial charge is 0.496 e. The molecule has 0 fully saturated rings. The zero-order valence-electron chi connectivity index (χ0n) is 21.9. The Bertz CT molecular complexity index is 1870. The lowest BCUT2D eigenvalue weighted by atomic mass is 9.90. The summed E-state index contributed by atoms with van der Waals surface area (Å²) in [6.07, 6.45) is 1.84. The quantitative estimate of drug-likeness (QED) is 0.355. The number of hydrogen-bond acceptors (Lipinski definition) is 8. The third kappa shape index (κ3) is 4.10. The average molecular weight is 543 g/mol. The van der Waals surface area contributed by atoms with Gasteiger partial charge in [-0.05, 0) is 66.9 Å². The molecule has 39 heavy (non-hydrogen) atoms. The van der Waals surface area contributed by atoms with Crippen LogP contribution in [-0.2, 0) is 9.53 Å². The molecule has 3 aromatic carbocycles. The Labute approximate surface area is 228 Å². The van der Waals surface area contributed by atoms with Crippen molar-refractivity contribution in [3.8, 4) is 17.2 Å². The number of fused-ring (bicyclic) bond motifs is 3. The molecule has 1 aromatic heterocycles. The first kappa shape index (κ1) is 24.9. The van der Waals surface area contributed by atoms with Gasteiger partial charge in [-0.2, -0.15) is 0 Å². The molecule has 0 radical (unpaired) electrons. The Kier molecular flexibility index (Phi) is 6.23. The second kappa shape index (κ2) is 9.74. The van der Waals surface area contributed by atoms with Crippen LogP contribution < -0.4 is 29.1 Å². The number of ether oxygens (including phenoxy) is 4. The van der Waals surface area contributed by atoms with Gasteiger partial charge in [0.1, 0.15) is 11.8 Å². The Balaban J connectivity index is 1.64. The van der Waals surface area contributed by atoms with Crippen molar-refractivity contribution in [3.05, 3.63) is 96.2 Å². The molecule has 0 spiro atoms. The zero-order chi connectivity index (χ0) is 27.3. The lowest BCUT2D eigenvalue weighted by Crippen LogP contribution is -2.40. The number of methoxy groups -OCH3 is 1. The number of aryl methyl sites for hydroxylation is 1. The van der Waals surface area contributed by atoms with E-state index in [2.05, 4.69) is 0 Å². The van der Waals surface area contributed by atoms with Crippen molar-refractivity contribution in [2.45, 2.75) is 26.8 Å². The number of nitrogens with zero attached hydrogens (tertiary/aromatic N) is 2. The van der Waals surface area contributed by atoms with E-state index < -0.39 is 12.0 Å². The van der Waals surface area contributed by atoms with Crippen LogP contribution in [0.2, 0.25) is 0 Å². The van der Waals surface area contributed by atoms with Crippen molar-refractivity contribution >= 4 is 34.2 Å². The molecule has 2 aliphatic heterocycles. The molecule has 0 aliphatic carbocycles. The number of allylic oxidation sites excluding steroid dienone is 1. The van der Waals surface area contributed by atoms with Crippen LogP contribution >= 0.6 is 11.3 Å². The zero-order valence-corrected chi connectivity index (χ0v) is 22.8. The molecule has 2 aliphatic rings. The summed E-state index contributed by atoms with van der Waals surface area (Å²) in [6.45, 7) is 5.85. The van der Waals surface area contributed by atoms with Gasteiger partial charge >= 0.3 is 5.97 Å². The summed E-state index contributed by atoms with van der Waals surface area (Å²) in [5.41, 5.74) is 3.04. The third-order valence-electron chi connectivity index (χ3n) is 6.99. The lowest BCUT2D eigenvalue weighted by Gasteiger charge is -2.27. The van der Waals surface area contributed by atoms with Crippen LogP contribution in [0.5, 0.6) is 17.2 Å². The fourth-order valence-electron chi connectivity index (χ4n) is 5.16. The summed E-state index contributed by atoms with van der Waals surface area (Å²) in [5, 5.41) is 1.84. The van der Waals surface area contributed by atoms with Crippen molar-refractivity contribution < 1.29 is 23.7 Å². The highest BCUT2D eigenvalue weighted by atomic mass is 32.1. The fourth-order valence-corrected chi connectivity index (χ4v) is 6.19. The number of thiazole rings is 1. The van der Waals surface area contributed by atoms with Gasteiger partial charge < -0.3 is 18.9 Å². The monoisotopic (exact) mass is 542 g/mol. The number of hydrogen-bond donors (Lipinski definition) is 0. The molecule has 6 rings (SSSR count). The van der Waals surface area contributed by atoms with Crippen LogP contribution in [0, 0.1) is 6.92 Å². The van der Waals surface area contributed by atoms with Crippen LogP contribution in [0.15, 0.2) is 69.6 Å². The Morgan fingerprint density at radius 3 is 2.69 bits per heavy atom. The smallest absolute Gasteiger partial charge is 0.338 e. The first-order valence-electron chi connectivity index (χ1n) is 12.6. The highest BCUT2D eigenvalue weighted by Gasteiger charge is 2.36. The van der Waals surface area contributed by atoms with Gasteiger partial charge in [0.25, 0.3) is 5.56 Å². The molecular weight excluding hydrogens is 516 g/mol. The van der Waals surface area contributed by atoms with Crippen LogP contribution in [-0.4, -0.2) is 31.0 Å². The molecule has 9 heteroatoms. The van der Waals surface area contributed by atoms with E-state index in [4.69, 9.17) is 23.9 Å². The van der Waals surface area contributed by atoms with Gasteiger partial charge in [-0.15, -0.1) is 0 Å². The molecule has 3 heterocycles. The molecule has 1 atom stereocenters. The summed E-state index contributed by atoms with van der Waals surface area (Å²) in [6, 6.07) is 14.6. The molecule has 0 amide bonds. The molecule has 0 N–H and O–H groups in total. The number of carbonyl (C=O) groups is 1. The molecule has 0 saturated carbocycles. The van der Waals surface area contributed by atoms with Crippen LogP contribution in [0.25, 0.3) is 16.8 Å².